The van der Waals surface area contributed by atoms with E-state index in [1.165, 1.54) is 16.0 Å². The monoisotopic (exact) mass is 359 g/mol. The molecule has 0 radical (unpaired) electrons. The van der Waals surface area contributed by atoms with Crippen LogP contribution in [0, 0.1) is 0 Å². The van der Waals surface area contributed by atoms with Crippen LogP contribution in [0.1, 0.15) is 38.6 Å². The molecule has 1 aliphatic carbocycles. The van der Waals surface area contributed by atoms with Crippen molar-refractivity contribution in [3.63, 3.8) is 0 Å². The van der Waals surface area contributed by atoms with Gasteiger partial charge in [-0.05, 0) is 43.6 Å². The van der Waals surface area contributed by atoms with Crippen molar-refractivity contribution in [3.8, 4) is 0 Å². The molecule has 124 valence electrons. The fraction of sp³-hybridized carbons (Fsp3) is 0.353. The number of nitrogens with zero attached hydrogens (tertiary/aromatic N) is 2. The van der Waals surface area contributed by atoms with Crippen molar-refractivity contribution in [2.24, 2.45) is 0 Å². The molecule has 0 aromatic carbocycles. The Labute approximate surface area is 147 Å². The average molecular weight is 359 g/mol. The maximum Gasteiger partial charge on any atom is 0.271 e. The molecule has 1 aliphatic rings. The first kappa shape index (κ1) is 15.5. The standard InChI is InChI=1S/C17H17N3O2S2/c21-15(18-8-7-11-4-3-9-23-11)12-10-19-17-20(16(12)22)13-5-1-2-6-14(13)24-17/h3-4,9-10H,1-2,5-8H2,(H,18,21). The predicted molar refractivity (Wildman–Crippen MR) is 96.3 cm³/mol. The first-order valence-electron chi connectivity index (χ1n) is 8.07. The third-order valence-electron chi connectivity index (χ3n) is 4.28. The van der Waals surface area contributed by atoms with E-state index >= 15 is 0 Å². The van der Waals surface area contributed by atoms with Gasteiger partial charge in [-0.25, -0.2) is 4.98 Å². The molecule has 0 spiro atoms. The van der Waals surface area contributed by atoms with Gasteiger partial charge in [-0.15, -0.1) is 22.7 Å². The molecule has 0 atom stereocenters. The fourth-order valence-electron chi connectivity index (χ4n) is 3.07. The van der Waals surface area contributed by atoms with Crippen molar-refractivity contribution in [3.05, 3.63) is 55.1 Å². The summed E-state index contributed by atoms with van der Waals surface area (Å²) in [5.74, 6) is -0.339. The first-order valence-corrected chi connectivity index (χ1v) is 9.76. The zero-order valence-electron chi connectivity index (χ0n) is 13.1. The highest BCUT2D eigenvalue weighted by molar-refractivity contribution is 7.17. The number of carbonyl (C=O) groups is 1. The average Bonchev–Trinajstić information content (AvgIpc) is 3.22. The lowest BCUT2D eigenvalue weighted by Gasteiger charge is -2.10. The van der Waals surface area contributed by atoms with Crippen LogP contribution >= 0.6 is 22.7 Å². The lowest BCUT2D eigenvalue weighted by molar-refractivity contribution is 0.0952. The molecule has 1 amide bonds. The van der Waals surface area contributed by atoms with Crippen LogP contribution in [-0.4, -0.2) is 21.8 Å². The summed E-state index contributed by atoms with van der Waals surface area (Å²) in [4.78, 5) is 32.6. The van der Waals surface area contributed by atoms with Crippen molar-refractivity contribution >= 4 is 33.5 Å². The van der Waals surface area contributed by atoms with Crippen molar-refractivity contribution in [2.75, 3.05) is 6.54 Å². The molecular formula is C17H17N3O2S2. The predicted octanol–water partition coefficient (Wildman–Crippen LogP) is 2.67. The summed E-state index contributed by atoms with van der Waals surface area (Å²) < 4.78 is 1.65. The van der Waals surface area contributed by atoms with Crippen molar-refractivity contribution < 1.29 is 4.79 Å². The van der Waals surface area contributed by atoms with Gasteiger partial charge in [0.15, 0.2) is 4.96 Å². The second-order valence-electron chi connectivity index (χ2n) is 5.86. The lowest BCUT2D eigenvalue weighted by Crippen LogP contribution is -2.33. The summed E-state index contributed by atoms with van der Waals surface area (Å²) >= 11 is 3.24. The Bertz CT molecular complexity index is 941. The summed E-state index contributed by atoms with van der Waals surface area (Å²) in [6, 6.07) is 4.03. The molecule has 3 aromatic rings. The zero-order valence-corrected chi connectivity index (χ0v) is 14.7. The van der Waals surface area contributed by atoms with Crippen LogP contribution in [0.3, 0.4) is 0 Å². The second-order valence-corrected chi connectivity index (χ2v) is 7.95. The summed E-state index contributed by atoms with van der Waals surface area (Å²) in [5.41, 5.74) is 0.935. The van der Waals surface area contributed by atoms with Gasteiger partial charge in [0.05, 0.1) is 0 Å². The molecule has 4 rings (SSSR count). The molecule has 24 heavy (non-hydrogen) atoms. The van der Waals surface area contributed by atoms with E-state index in [9.17, 15) is 9.59 Å². The Hall–Kier alpha value is -1.99. The number of rotatable bonds is 4. The summed E-state index contributed by atoms with van der Waals surface area (Å²) in [6.45, 7) is 0.517. The highest BCUT2D eigenvalue weighted by Gasteiger charge is 2.21. The fourth-order valence-corrected chi connectivity index (χ4v) is 4.95. The normalized spacial score (nSPS) is 13.8. The quantitative estimate of drug-likeness (QED) is 0.779. The van der Waals surface area contributed by atoms with Crippen LogP contribution in [-0.2, 0) is 19.3 Å². The number of hydrogen-bond acceptors (Lipinski definition) is 5. The molecule has 0 aliphatic heterocycles. The van der Waals surface area contributed by atoms with Crippen LogP contribution in [0.5, 0.6) is 0 Å². The molecule has 0 bridgehead atoms. The molecule has 7 heteroatoms. The second kappa shape index (κ2) is 6.49. The van der Waals surface area contributed by atoms with E-state index < -0.39 is 0 Å². The van der Waals surface area contributed by atoms with Crippen LogP contribution in [0.2, 0.25) is 0 Å². The topological polar surface area (TPSA) is 63.5 Å². The Morgan fingerprint density at radius 1 is 1.33 bits per heavy atom. The summed E-state index contributed by atoms with van der Waals surface area (Å²) in [5, 5.41) is 4.85. The van der Waals surface area contributed by atoms with Gasteiger partial charge in [-0.2, -0.15) is 0 Å². The molecule has 5 nitrogen and oxygen atoms in total. The SMILES string of the molecule is O=C(NCCc1cccs1)c1cnc2sc3c(n2c1=O)CCCC3. The van der Waals surface area contributed by atoms with E-state index in [0.29, 0.717) is 11.5 Å². The number of fused-ring (bicyclic) bond motifs is 3. The van der Waals surface area contributed by atoms with E-state index in [2.05, 4.69) is 10.3 Å². The summed E-state index contributed by atoms with van der Waals surface area (Å²) in [6.07, 6.45) is 6.33. The molecule has 0 unspecified atom stereocenters. The molecule has 3 aromatic heterocycles. The van der Waals surface area contributed by atoms with Crippen LogP contribution in [0.15, 0.2) is 28.5 Å². The Morgan fingerprint density at radius 2 is 2.21 bits per heavy atom. The third kappa shape index (κ3) is 2.78. The largest absolute Gasteiger partial charge is 0.351 e. The lowest BCUT2D eigenvalue weighted by atomic mass is 10.0. The first-order chi connectivity index (χ1) is 11.7. The minimum absolute atomic E-state index is 0.129. The number of thiazole rings is 1. The molecule has 1 N–H and O–H groups in total. The highest BCUT2D eigenvalue weighted by Crippen LogP contribution is 2.28. The minimum atomic E-state index is -0.339. The van der Waals surface area contributed by atoms with Gasteiger partial charge in [-0.3, -0.25) is 14.0 Å². The Morgan fingerprint density at radius 3 is 3.04 bits per heavy atom. The molecule has 3 heterocycles. The molecular weight excluding hydrogens is 342 g/mol. The zero-order chi connectivity index (χ0) is 16.5. The van der Waals surface area contributed by atoms with Crippen LogP contribution < -0.4 is 10.9 Å². The number of amides is 1. The van der Waals surface area contributed by atoms with Crippen molar-refractivity contribution in [1.29, 1.82) is 0 Å². The minimum Gasteiger partial charge on any atom is -0.351 e. The van der Waals surface area contributed by atoms with E-state index in [0.717, 1.165) is 37.8 Å². The van der Waals surface area contributed by atoms with Gasteiger partial charge >= 0.3 is 0 Å². The number of nitrogens with one attached hydrogen (secondary N) is 1. The molecule has 0 fully saturated rings. The number of carbonyl (C=O) groups excluding carboxylic acids is 1. The Kier molecular flexibility index (Phi) is 4.20. The maximum atomic E-state index is 12.8. The van der Waals surface area contributed by atoms with Gasteiger partial charge in [-0.1, -0.05) is 6.07 Å². The third-order valence-corrected chi connectivity index (χ3v) is 6.38. The van der Waals surface area contributed by atoms with Crippen LogP contribution in [0.25, 0.3) is 4.96 Å². The van der Waals surface area contributed by atoms with E-state index in [1.54, 1.807) is 27.1 Å². The molecule has 0 saturated carbocycles. The molecule has 0 saturated heterocycles. The Balaban J connectivity index is 1.58. The number of thiophene rings is 1. The van der Waals surface area contributed by atoms with Gasteiger partial charge in [0, 0.05) is 28.2 Å². The van der Waals surface area contributed by atoms with Crippen molar-refractivity contribution in [1.82, 2.24) is 14.7 Å². The van der Waals surface area contributed by atoms with E-state index in [4.69, 9.17) is 0 Å². The van der Waals surface area contributed by atoms with E-state index in [1.807, 2.05) is 17.5 Å². The highest BCUT2D eigenvalue weighted by atomic mass is 32.1. The smallest absolute Gasteiger partial charge is 0.271 e. The van der Waals surface area contributed by atoms with Crippen LogP contribution in [0.4, 0.5) is 0 Å². The maximum absolute atomic E-state index is 12.8. The number of aromatic nitrogens is 2. The van der Waals surface area contributed by atoms with Gasteiger partial charge in [0.1, 0.15) is 5.56 Å². The number of hydrogen-bond donors (Lipinski definition) is 1. The van der Waals surface area contributed by atoms with Crippen molar-refractivity contribution in [2.45, 2.75) is 32.1 Å². The number of aryl methyl sites for hydroxylation is 2. The van der Waals surface area contributed by atoms with Gasteiger partial charge < -0.3 is 5.32 Å². The van der Waals surface area contributed by atoms with E-state index in [-0.39, 0.29) is 17.0 Å². The van der Waals surface area contributed by atoms with Gasteiger partial charge in [0.25, 0.3) is 11.5 Å². The van der Waals surface area contributed by atoms with Gasteiger partial charge in [0.2, 0.25) is 0 Å². The summed E-state index contributed by atoms with van der Waals surface area (Å²) in [7, 11) is 0.